The van der Waals surface area contributed by atoms with Crippen LogP contribution in [0.4, 0.5) is 0 Å². The average Bonchev–Trinajstić information content (AvgIpc) is 2.75. The maximum atomic E-state index is 12.3. The highest BCUT2D eigenvalue weighted by atomic mass is 32.1. The Kier molecular flexibility index (Phi) is 7.36. The summed E-state index contributed by atoms with van der Waals surface area (Å²) in [4.78, 5) is 24.1. The lowest BCUT2D eigenvalue weighted by Gasteiger charge is -2.37. The maximum absolute atomic E-state index is 12.3. The molecule has 7 nitrogen and oxygen atoms in total. The molecule has 30 heavy (non-hydrogen) atoms. The Morgan fingerprint density at radius 1 is 1.20 bits per heavy atom. The molecule has 1 amide bonds. The minimum absolute atomic E-state index is 0.0606. The number of nitrogens with two attached hydrogens (primary N) is 2. The Labute approximate surface area is 181 Å². The molecule has 0 bridgehead atoms. The first-order valence-electron chi connectivity index (χ1n) is 9.86. The highest BCUT2D eigenvalue weighted by Crippen LogP contribution is 2.40. The highest BCUT2D eigenvalue weighted by molar-refractivity contribution is 7.80. The number of para-hydroxylation sites is 1. The fourth-order valence-corrected chi connectivity index (χ4v) is 3.90. The second-order valence-electron chi connectivity index (χ2n) is 7.52. The number of carbonyl (C=O) groups excluding carboxylic acids is 1. The van der Waals surface area contributed by atoms with Crippen molar-refractivity contribution in [2.75, 3.05) is 12.3 Å². The first-order chi connectivity index (χ1) is 14.4. The van der Waals surface area contributed by atoms with Crippen LogP contribution in [0.3, 0.4) is 0 Å². The predicted octanol–water partition coefficient (Wildman–Crippen LogP) is 1.77. The first kappa shape index (κ1) is 22.1. The third-order valence-electron chi connectivity index (χ3n) is 5.36. The Morgan fingerprint density at radius 3 is 2.57 bits per heavy atom. The van der Waals surface area contributed by atoms with Crippen LogP contribution in [0.5, 0.6) is 5.75 Å². The van der Waals surface area contributed by atoms with Crippen LogP contribution < -0.4 is 21.5 Å². The molecule has 0 spiro atoms. The summed E-state index contributed by atoms with van der Waals surface area (Å²) >= 11 is 4.22. The van der Waals surface area contributed by atoms with Gasteiger partial charge in [0, 0.05) is 36.4 Å². The van der Waals surface area contributed by atoms with E-state index in [2.05, 4.69) is 17.9 Å². The third kappa shape index (κ3) is 5.13. The summed E-state index contributed by atoms with van der Waals surface area (Å²) in [6, 6.07) is 14.2. The topological polar surface area (TPSA) is 128 Å². The molecule has 0 fully saturated rings. The Bertz CT molecular complexity index is 893. The van der Waals surface area contributed by atoms with Gasteiger partial charge in [-0.1, -0.05) is 42.5 Å². The minimum Gasteiger partial charge on any atom is -0.488 e. The molecule has 2 aromatic rings. The lowest BCUT2D eigenvalue weighted by Crippen LogP contribution is -2.45. The Balaban J connectivity index is 1.93. The predicted molar refractivity (Wildman–Crippen MR) is 118 cm³/mol. The van der Waals surface area contributed by atoms with Gasteiger partial charge in [-0.15, -0.1) is 0 Å². The number of amides is 1. The van der Waals surface area contributed by atoms with Crippen molar-refractivity contribution in [2.45, 2.75) is 31.0 Å². The summed E-state index contributed by atoms with van der Waals surface area (Å²) < 4.78 is 6.12. The third-order valence-corrected chi connectivity index (χ3v) is 5.83. The summed E-state index contributed by atoms with van der Waals surface area (Å²) in [6.45, 7) is 0.498. The quantitative estimate of drug-likeness (QED) is 0.387. The molecular formula is C22H27N3O4S. The van der Waals surface area contributed by atoms with Crippen molar-refractivity contribution < 1.29 is 19.4 Å². The molecule has 1 heterocycles. The fraction of sp³-hybridized carbons (Fsp3) is 0.364. The van der Waals surface area contributed by atoms with Crippen LogP contribution in [-0.2, 0) is 11.2 Å². The number of benzene rings is 2. The van der Waals surface area contributed by atoms with Gasteiger partial charge in [-0.2, -0.15) is 12.6 Å². The number of aromatic carboxylic acids is 1. The van der Waals surface area contributed by atoms with Crippen LogP contribution in [0, 0.1) is 5.92 Å². The maximum Gasteiger partial charge on any atom is 0.339 e. The normalized spacial score (nSPS) is 19.9. The van der Waals surface area contributed by atoms with Crippen molar-refractivity contribution in [2.24, 2.45) is 17.4 Å². The molecule has 3 rings (SSSR count). The van der Waals surface area contributed by atoms with E-state index in [0.717, 1.165) is 11.1 Å². The minimum atomic E-state index is -1.09. The van der Waals surface area contributed by atoms with E-state index in [1.165, 1.54) is 6.07 Å². The number of hydrogen-bond acceptors (Lipinski definition) is 6. The van der Waals surface area contributed by atoms with Crippen molar-refractivity contribution in [1.29, 1.82) is 0 Å². The number of rotatable bonds is 9. The van der Waals surface area contributed by atoms with Gasteiger partial charge in [0.05, 0.1) is 5.92 Å². The molecule has 0 saturated heterocycles. The largest absolute Gasteiger partial charge is 0.488 e. The van der Waals surface area contributed by atoms with E-state index in [1.807, 2.05) is 36.4 Å². The summed E-state index contributed by atoms with van der Waals surface area (Å²) in [6.07, 6.45) is 0.310. The Morgan fingerprint density at radius 2 is 1.93 bits per heavy atom. The number of primary amides is 1. The van der Waals surface area contributed by atoms with Gasteiger partial charge in [0.15, 0.2) is 0 Å². The monoisotopic (exact) mass is 429 g/mol. The van der Waals surface area contributed by atoms with Crippen LogP contribution in [0.15, 0.2) is 48.5 Å². The zero-order valence-electron chi connectivity index (χ0n) is 16.5. The summed E-state index contributed by atoms with van der Waals surface area (Å²) in [5, 5.41) is 13.0. The smallest absolute Gasteiger partial charge is 0.339 e. The second-order valence-corrected chi connectivity index (χ2v) is 7.89. The standard InChI is InChI=1S/C22H27N3O4S/c23-14(12-30)11-25-18-10-19(17(21(24)26)9-13-5-2-1-3-6-13)29-20-15(18)7-4-8-16(20)22(27)28/h1-8,14,17-19,25,30H,9-12,23H2,(H2,24,26)(H,27,28)/t14-,17+,18?,19?/m1/s1. The molecule has 6 N–H and O–H groups in total. The van der Waals surface area contributed by atoms with Crippen LogP contribution in [0.1, 0.15) is 33.9 Å². The lowest BCUT2D eigenvalue weighted by atomic mass is 9.85. The number of nitrogens with one attached hydrogen (secondary N) is 1. The number of ether oxygens (including phenoxy) is 1. The van der Waals surface area contributed by atoms with Gasteiger partial charge >= 0.3 is 5.97 Å². The van der Waals surface area contributed by atoms with Crippen LogP contribution in [-0.4, -0.2) is 41.4 Å². The number of fused-ring (bicyclic) bond motifs is 1. The average molecular weight is 430 g/mol. The molecule has 0 radical (unpaired) electrons. The van der Waals surface area contributed by atoms with Crippen LogP contribution >= 0.6 is 12.6 Å². The summed E-state index contributed by atoms with van der Waals surface area (Å²) in [5.41, 5.74) is 13.5. The second kappa shape index (κ2) is 9.97. The van der Waals surface area contributed by atoms with Gasteiger partial charge in [0.25, 0.3) is 0 Å². The molecule has 2 aromatic carbocycles. The SMILES string of the molecule is NC(=O)[C@@H](Cc1ccccc1)C1CC(NC[C@@H](N)CS)c2cccc(C(=O)O)c2O1. The number of carbonyl (C=O) groups is 2. The molecule has 1 aliphatic heterocycles. The summed E-state index contributed by atoms with van der Waals surface area (Å²) in [7, 11) is 0. The zero-order chi connectivity index (χ0) is 21.7. The summed E-state index contributed by atoms with van der Waals surface area (Å²) in [5.74, 6) is -1.38. The molecule has 4 atom stereocenters. The van der Waals surface area contributed by atoms with Crippen molar-refractivity contribution in [1.82, 2.24) is 5.32 Å². The lowest BCUT2D eigenvalue weighted by molar-refractivity contribution is -0.125. The van der Waals surface area contributed by atoms with E-state index < -0.39 is 23.9 Å². The van der Waals surface area contributed by atoms with Gasteiger partial charge in [-0.05, 0) is 18.1 Å². The van der Waals surface area contributed by atoms with E-state index >= 15 is 0 Å². The fourth-order valence-electron chi connectivity index (χ4n) is 3.77. The van der Waals surface area contributed by atoms with E-state index in [1.54, 1.807) is 6.07 Å². The van der Waals surface area contributed by atoms with Gasteiger partial charge in [-0.25, -0.2) is 4.79 Å². The molecule has 0 aromatic heterocycles. The van der Waals surface area contributed by atoms with Crippen molar-refractivity contribution >= 4 is 24.5 Å². The van der Waals surface area contributed by atoms with Gasteiger partial charge in [0.2, 0.25) is 5.91 Å². The molecule has 8 heteroatoms. The van der Waals surface area contributed by atoms with E-state index in [0.29, 0.717) is 25.1 Å². The van der Waals surface area contributed by atoms with Crippen molar-refractivity contribution in [3.05, 3.63) is 65.2 Å². The van der Waals surface area contributed by atoms with Crippen LogP contribution in [0.25, 0.3) is 0 Å². The molecule has 0 aliphatic carbocycles. The van der Waals surface area contributed by atoms with Crippen LogP contribution in [0.2, 0.25) is 0 Å². The van der Waals surface area contributed by atoms with E-state index in [-0.39, 0.29) is 23.4 Å². The van der Waals surface area contributed by atoms with Crippen molar-refractivity contribution in [3.63, 3.8) is 0 Å². The van der Waals surface area contributed by atoms with Crippen molar-refractivity contribution in [3.8, 4) is 5.75 Å². The number of carboxylic acid groups (broad SMARTS) is 1. The molecule has 0 saturated carbocycles. The van der Waals surface area contributed by atoms with Gasteiger partial charge in [0.1, 0.15) is 17.4 Å². The highest BCUT2D eigenvalue weighted by Gasteiger charge is 2.38. The van der Waals surface area contributed by atoms with E-state index in [9.17, 15) is 14.7 Å². The number of carboxylic acids is 1. The van der Waals surface area contributed by atoms with E-state index in [4.69, 9.17) is 16.2 Å². The van der Waals surface area contributed by atoms with Gasteiger partial charge in [-0.3, -0.25) is 4.79 Å². The molecule has 2 unspecified atom stereocenters. The molecule has 1 aliphatic rings. The zero-order valence-corrected chi connectivity index (χ0v) is 17.4. The number of hydrogen-bond donors (Lipinski definition) is 5. The van der Waals surface area contributed by atoms with Gasteiger partial charge < -0.3 is 26.6 Å². The molecular weight excluding hydrogens is 402 g/mol. The number of thiol groups is 1. The molecule has 160 valence electrons. The first-order valence-corrected chi connectivity index (χ1v) is 10.5. The Hall–Kier alpha value is -2.55.